The third kappa shape index (κ3) is 6.12. The van der Waals surface area contributed by atoms with Gasteiger partial charge in [-0.05, 0) is 48.8 Å². The van der Waals surface area contributed by atoms with E-state index in [0.29, 0.717) is 23.8 Å². The monoisotopic (exact) mass is 270 g/mol. The van der Waals surface area contributed by atoms with E-state index in [-0.39, 0.29) is 6.04 Å². The van der Waals surface area contributed by atoms with Crippen LogP contribution in [0.5, 0.6) is 0 Å². The van der Waals surface area contributed by atoms with Gasteiger partial charge in [-0.3, -0.25) is 11.3 Å². The summed E-state index contributed by atoms with van der Waals surface area (Å²) in [6.07, 6.45) is 2.55. The van der Waals surface area contributed by atoms with Crippen molar-refractivity contribution in [3.63, 3.8) is 0 Å². The summed E-state index contributed by atoms with van der Waals surface area (Å²) in [6.45, 7) is 6.54. The Balaban J connectivity index is 2.60. The summed E-state index contributed by atoms with van der Waals surface area (Å²) < 4.78 is 26.3. The van der Waals surface area contributed by atoms with Crippen molar-refractivity contribution in [3.05, 3.63) is 35.4 Å². The van der Waals surface area contributed by atoms with E-state index in [0.717, 1.165) is 18.9 Å². The van der Waals surface area contributed by atoms with Crippen LogP contribution in [-0.4, -0.2) is 6.04 Å². The lowest BCUT2D eigenvalue weighted by atomic mass is 9.90. The van der Waals surface area contributed by atoms with Crippen LogP contribution in [0.4, 0.5) is 8.78 Å². The number of halogens is 2. The summed E-state index contributed by atoms with van der Waals surface area (Å²) in [5.41, 5.74) is 3.39. The molecule has 0 aromatic heterocycles. The number of benzene rings is 1. The quantitative estimate of drug-likeness (QED) is 0.588. The Bertz CT molecular complexity index is 373. The zero-order valence-corrected chi connectivity index (χ0v) is 11.9. The molecule has 0 heterocycles. The predicted octanol–water partition coefficient (Wildman–Crippen LogP) is 3.41. The summed E-state index contributed by atoms with van der Waals surface area (Å²) >= 11 is 0. The highest BCUT2D eigenvalue weighted by molar-refractivity contribution is 5.18. The Hall–Kier alpha value is -1.00. The fourth-order valence-electron chi connectivity index (χ4n) is 2.61. The van der Waals surface area contributed by atoms with Gasteiger partial charge in [-0.2, -0.15) is 0 Å². The van der Waals surface area contributed by atoms with E-state index in [4.69, 9.17) is 5.84 Å². The largest absolute Gasteiger partial charge is 0.271 e. The van der Waals surface area contributed by atoms with Gasteiger partial charge in [-0.15, -0.1) is 0 Å². The molecular formula is C15H24F2N2. The van der Waals surface area contributed by atoms with Crippen LogP contribution in [0.3, 0.4) is 0 Å². The third-order valence-electron chi connectivity index (χ3n) is 3.20. The maximum Gasteiger partial charge on any atom is 0.126 e. The molecular weight excluding hydrogens is 246 g/mol. The highest BCUT2D eigenvalue weighted by Crippen LogP contribution is 2.19. The van der Waals surface area contributed by atoms with Crippen molar-refractivity contribution in [1.82, 2.24) is 5.43 Å². The van der Waals surface area contributed by atoms with Gasteiger partial charge in [0.2, 0.25) is 0 Å². The van der Waals surface area contributed by atoms with E-state index in [1.54, 1.807) is 0 Å². The second kappa shape index (κ2) is 7.56. The zero-order chi connectivity index (χ0) is 14.4. The summed E-state index contributed by atoms with van der Waals surface area (Å²) in [7, 11) is 0. The zero-order valence-electron chi connectivity index (χ0n) is 11.9. The topological polar surface area (TPSA) is 38.0 Å². The van der Waals surface area contributed by atoms with Crippen molar-refractivity contribution in [1.29, 1.82) is 0 Å². The predicted molar refractivity (Wildman–Crippen MR) is 74.4 cm³/mol. The standard InChI is InChI=1S/C15H24F2N2/c1-10(2)4-11(3)5-15(19-18)8-12-6-13(16)9-14(17)7-12/h6-7,9-11,15,19H,4-5,8,18H2,1-3H3. The smallest absolute Gasteiger partial charge is 0.126 e. The van der Waals surface area contributed by atoms with Crippen LogP contribution in [0.1, 0.15) is 39.2 Å². The number of rotatable bonds is 7. The van der Waals surface area contributed by atoms with Crippen LogP contribution in [-0.2, 0) is 6.42 Å². The van der Waals surface area contributed by atoms with Crippen LogP contribution in [0.15, 0.2) is 18.2 Å². The molecule has 0 spiro atoms. The molecule has 0 aliphatic heterocycles. The van der Waals surface area contributed by atoms with Gasteiger partial charge in [-0.25, -0.2) is 8.78 Å². The Kier molecular flexibility index (Phi) is 6.38. The molecule has 1 aromatic rings. The summed E-state index contributed by atoms with van der Waals surface area (Å²) in [5.74, 6) is 5.62. The van der Waals surface area contributed by atoms with Crippen molar-refractivity contribution in [3.8, 4) is 0 Å². The average molecular weight is 270 g/mol. The Labute approximate surface area is 114 Å². The molecule has 0 bridgehead atoms. The number of hydrogen-bond donors (Lipinski definition) is 2. The van der Waals surface area contributed by atoms with Crippen LogP contribution in [0.25, 0.3) is 0 Å². The first-order chi connectivity index (χ1) is 8.90. The van der Waals surface area contributed by atoms with Crippen LogP contribution >= 0.6 is 0 Å². The average Bonchev–Trinajstić information content (AvgIpc) is 2.25. The minimum atomic E-state index is -0.541. The summed E-state index contributed by atoms with van der Waals surface area (Å²) in [5, 5.41) is 0. The van der Waals surface area contributed by atoms with Gasteiger partial charge >= 0.3 is 0 Å². The second-order valence-corrected chi connectivity index (χ2v) is 5.82. The van der Waals surface area contributed by atoms with Crippen molar-refractivity contribution < 1.29 is 8.78 Å². The van der Waals surface area contributed by atoms with Crippen LogP contribution in [0.2, 0.25) is 0 Å². The molecule has 2 unspecified atom stereocenters. The molecule has 2 nitrogen and oxygen atoms in total. The molecule has 0 fully saturated rings. The van der Waals surface area contributed by atoms with Crippen LogP contribution in [0, 0.1) is 23.5 Å². The van der Waals surface area contributed by atoms with Gasteiger partial charge in [0.15, 0.2) is 0 Å². The number of hydrogen-bond acceptors (Lipinski definition) is 2. The molecule has 0 saturated carbocycles. The number of hydrazine groups is 1. The molecule has 108 valence electrons. The molecule has 0 saturated heterocycles. The Morgan fingerprint density at radius 1 is 1.05 bits per heavy atom. The normalized spacial score (nSPS) is 14.7. The fourth-order valence-corrected chi connectivity index (χ4v) is 2.61. The number of nitrogens with two attached hydrogens (primary N) is 1. The van der Waals surface area contributed by atoms with Crippen molar-refractivity contribution in [2.45, 2.75) is 46.1 Å². The SMILES string of the molecule is CC(C)CC(C)CC(Cc1cc(F)cc(F)c1)NN. The van der Waals surface area contributed by atoms with Gasteiger partial charge in [0.1, 0.15) is 11.6 Å². The lowest BCUT2D eigenvalue weighted by Crippen LogP contribution is -2.38. The number of nitrogens with one attached hydrogen (secondary N) is 1. The summed E-state index contributed by atoms with van der Waals surface area (Å²) in [6, 6.07) is 3.64. The molecule has 3 N–H and O–H groups in total. The van der Waals surface area contributed by atoms with Gasteiger partial charge in [0.25, 0.3) is 0 Å². The molecule has 0 amide bonds. The molecule has 2 atom stereocenters. The minimum Gasteiger partial charge on any atom is -0.271 e. The molecule has 1 rings (SSSR count). The van der Waals surface area contributed by atoms with Gasteiger partial charge in [-0.1, -0.05) is 20.8 Å². The van der Waals surface area contributed by atoms with E-state index >= 15 is 0 Å². The fraction of sp³-hybridized carbons (Fsp3) is 0.600. The van der Waals surface area contributed by atoms with Crippen LogP contribution < -0.4 is 11.3 Å². The maximum absolute atomic E-state index is 13.1. The lowest BCUT2D eigenvalue weighted by Gasteiger charge is -2.21. The highest BCUT2D eigenvalue weighted by Gasteiger charge is 2.14. The Morgan fingerprint density at radius 3 is 2.11 bits per heavy atom. The van der Waals surface area contributed by atoms with E-state index in [1.165, 1.54) is 12.1 Å². The highest BCUT2D eigenvalue weighted by atomic mass is 19.1. The van der Waals surface area contributed by atoms with Gasteiger partial charge in [0.05, 0.1) is 0 Å². The first kappa shape index (κ1) is 16.1. The molecule has 1 aromatic carbocycles. The van der Waals surface area contributed by atoms with Crippen molar-refractivity contribution >= 4 is 0 Å². The summed E-state index contributed by atoms with van der Waals surface area (Å²) in [4.78, 5) is 0. The van der Waals surface area contributed by atoms with Gasteiger partial charge < -0.3 is 0 Å². The Morgan fingerprint density at radius 2 is 1.63 bits per heavy atom. The van der Waals surface area contributed by atoms with Crippen molar-refractivity contribution in [2.75, 3.05) is 0 Å². The third-order valence-corrected chi connectivity index (χ3v) is 3.20. The van der Waals surface area contributed by atoms with E-state index in [1.807, 2.05) is 0 Å². The molecule has 4 heteroatoms. The lowest BCUT2D eigenvalue weighted by molar-refractivity contribution is 0.352. The van der Waals surface area contributed by atoms with E-state index in [9.17, 15) is 8.78 Å². The first-order valence-corrected chi connectivity index (χ1v) is 6.81. The maximum atomic E-state index is 13.1. The molecule has 0 aliphatic carbocycles. The first-order valence-electron chi connectivity index (χ1n) is 6.81. The van der Waals surface area contributed by atoms with E-state index in [2.05, 4.69) is 26.2 Å². The van der Waals surface area contributed by atoms with E-state index < -0.39 is 11.6 Å². The second-order valence-electron chi connectivity index (χ2n) is 5.82. The van der Waals surface area contributed by atoms with Gasteiger partial charge in [0, 0.05) is 12.1 Å². The molecule has 0 radical (unpaired) electrons. The van der Waals surface area contributed by atoms with Crippen molar-refractivity contribution in [2.24, 2.45) is 17.7 Å². The molecule has 0 aliphatic rings. The minimum absolute atomic E-state index is 0.0370. The molecule has 19 heavy (non-hydrogen) atoms.